The van der Waals surface area contributed by atoms with Gasteiger partial charge >= 0.3 is 0 Å². The molecule has 9 nitrogen and oxygen atoms in total. The maximum atomic E-state index is 12.7. The summed E-state index contributed by atoms with van der Waals surface area (Å²) in [6.07, 6.45) is 1.56. The number of ether oxygens (including phenoxy) is 3. The molecule has 0 saturated carbocycles. The van der Waals surface area contributed by atoms with E-state index in [1.54, 1.807) is 26.5 Å². The number of methoxy groups -OCH3 is 2. The third-order valence-electron chi connectivity index (χ3n) is 6.16. The molecule has 0 aliphatic carbocycles. The molecule has 1 amide bonds. The second kappa shape index (κ2) is 14.0. The van der Waals surface area contributed by atoms with E-state index in [0.29, 0.717) is 29.1 Å². The topological polar surface area (TPSA) is 99.9 Å². The van der Waals surface area contributed by atoms with Crippen molar-refractivity contribution in [2.24, 2.45) is 5.10 Å². The van der Waals surface area contributed by atoms with Crippen LogP contribution in [0.4, 0.5) is 0 Å². The Balaban J connectivity index is 1.24. The number of carbonyl (C=O) groups is 1. The molecule has 1 aromatic heterocycles. The summed E-state index contributed by atoms with van der Waals surface area (Å²) in [6.45, 7) is 0.402. The lowest BCUT2D eigenvalue weighted by Crippen LogP contribution is -2.20. The van der Waals surface area contributed by atoms with E-state index in [-0.39, 0.29) is 11.7 Å². The van der Waals surface area contributed by atoms with Crippen molar-refractivity contribution in [3.63, 3.8) is 0 Å². The fourth-order valence-corrected chi connectivity index (χ4v) is 4.81. The Hall–Kier alpha value is -5.09. The molecular formula is C32H29N5O4S. The van der Waals surface area contributed by atoms with Crippen LogP contribution in [-0.4, -0.2) is 46.9 Å². The molecule has 10 heteroatoms. The fourth-order valence-electron chi connectivity index (χ4n) is 4.06. The van der Waals surface area contributed by atoms with Crippen molar-refractivity contribution in [1.29, 1.82) is 0 Å². The maximum Gasteiger partial charge on any atom is 0.250 e. The number of carbonyl (C=O) groups excluding carboxylic acids is 1. The van der Waals surface area contributed by atoms with Crippen LogP contribution < -0.4 is 19.6 Å². The summed E-state index contributed by atoms with van der Waals surface area (Å²) in [5.74, 6) is 2.42. The van der Waals surface area contributed by atoms with Crippen molar-refractivity contribution in [3.8, 4) is 34.3 Å². The predicted octanol–water partition coefficient (Wildman–Crippen LogP) is 5.77. The molecule has 0 saturated heterocycles. The van der Waals surface area contributed by atoms with Crippen molar-refractivity contribution < 1.29 is 19.0 Å². The molecule has 42 heavy (non-hydrogen) atoms. The number of thioether (sulfide) groups is 1. The minimum Gasteiger partial charge on any atom is -0.497 e. The zero-order valence-corrected chi connectivity index (χ0v) is 24.0. The van der Waals surface area contributed by atoms with Crippen LogP contribution in [-0.2, 0) is 11.4 Å². The maximum absolute atomic E-state index is 12.7. The van der Waals surface area contributed by atoms with E-state index in [0.717, 1.165) is 28.1 Å². The SMILES string of the molecule is COc1ccc(-n2c(SCC(=O)NN=Cc3ccc(OC)c(OCc4ccccc4)c3)nnc2-c2ccccc2)cc1. The highest BCUT2D eigenvalue weighted by Gasteiger charge is 2.17. The van der Waals surface area contributed by atoms with Crippen molar-refractivity contribution in [2.75, 3.05) is 20.0 Å². The van der Waals surface area contributed by atoms with E-state index in [2.05, 4.69) is 20.7 Å². The smallest absolute Gasteiger partial charge is 0.250 e. The van der Waals surface area contributed by atoms with E-state index in [1.165, 1.54) is 11.8 Å². The number of nitrogens with zero attached hydrogens (tertiary/aromatic N) is 4. The van der Waals surface area contributed by atoms with Gasteiger partial charge in [-0.1, -0.05) is 72.4 Å². The monoisotopic (exact) mass is 579 g/mol. The van der Waals surface area contributed by atoms with Gasteiger partial charge in [-0.3, -0.25) is 9.36 Å². The van der Waals surface area contributed by atoms with Crippen molar-refractivity contribution in [3.05, 3.63) is 114 Å². The lowest BCUT2D eigenvalue weighted by atomic mass is 10.2. The van der Waals surface area contributed by atoms with Crippen molar-refractivity contribution in [2.45, 2.75) is 11.8 Å². The molecule has 1 heterocycles. The quantitative estimate of drug-likeness (QED) is 0.114. The van der Waals surface area contributed by atoms with Crippen LogP contribution >= 0.6 is 11.8 Å². The van der Waals surface area contributed by atoms with E-state index < -0.39 is 0 Å². The van der Waals surface area contributed by atoms with Gasteiger partial charge in [0, 0.05) is 11.3 Å². The van der Waals surface area contributed by atoms with Crippen molar-refractivity contribution >= 4 is 23.9 Å². The number of amides is 1. The average Bonchev–Trinajstić information content (AvgIpc) is 3.48. The normalized spacial score (nSPS) is 10.9. The summed E-state index contributed by atoms with van der Waals surface area (Å²) in [5, 5.41) is 13.5. The Bertz CT molecular complexity index is 1640. The first-order chi connectivity index (χ1) is 20.6. The highest BCUT2D eigenvalue weighted by atomic mass is 32.2. The molecule has 0 fully saturated rings. The first-order valence-electron chi connectivity index (χ1n) is 13.1. The van der Waals surface area contributed by atoms with Gasteiger partial charge in [0.2, 0.25) is 0 Å². The highest BCUT2D eigenvalue weighted by Crippen LogP contribution is 2.30. The van der Waals surface area contributed by atoms with Gasteiger partial charge in [0.05, 0.1) is 26.2 Å². The Labute approximate surface area is 248 Å². The average molecular weight is 580 g/mol. The van der Waals surface area contributed by atoms with E-state index in [9.17, 15) is 4.79 Å². The van der Waals surface area contributed by atoms with Gasteiger partial charge in [0.15, 0.2) is 22.5 Å². The van der Waals surface area contributed by atoms with E-state index in [4.69, 9.17) is 14.2 Å². The summed E-state index contributed by atoms with van der Waals surface area (Å²) in [6, 6.07) is 32.7. The standard InChI is InChI=1S/C32H29N5O4S/c1-39-27-16-14-26(15-17-27)37-31(25-11-7-4-8-12-25)35-36-32(37)42-22-30(38)34-33-20-24-13-18-28(40-2)29(19-24)41-21-23-9-5-3-6-10-23/h3-20H,21-22H2,1-2H3,(H,34,38). The van der Waals surface area contributed by atoms with Gasteiger partial charge in [0.1, 0.15) is 12.4 Å². The molecule has 0 unspecified atom stereocenters. The lowest BCUT2D eigenvalue weighted by Gasteiger charge is -2.11. The Morgan fingerprint density at radius 1 is 0.881 bits per heavy atom. The number of hydrazone groups is 1. The van der Waals surface area contributed by atoms with Crippen LogP contribution in [0.25, 0.3) is 17.1 Å². The van der Waals surface area contributed by atoms with Crippen LogP contribution in [0.5, 0.6) is 17.2 Å². The van der Waals surface area contributed by atoms with Crippen LogP contribution in [0.15, 0.2) is 113 Å². The molecular weight excluding hydrogens is 550 g/mol. The molecule has 212 valence electrons. The predicted molar refractivity (Wildman–Crippen MR) is 164 cm³/mol. The summed E-state index contributed by atoms with van der Waals surface area (Å²) in [5.41, 5.74) is 6.14. The van der Waals surface area contributed by atoms with Crippen LogP contribution in [0.3, 0.4) is 0 Å². The van der Waals surface area contributed by atoms with Gasteiger partial charge in [-0.25, -0.2) is 5.43 Å². The van der Waals surface area contributed by atoms with Crippen LogP contribution in [0, 0.1) is 0 Å². The molecule has 5 aromatic rings. The number of hydrogen-bond acceptors (Lipinski definition) is 8. The minimum atomic E-state index is -0.282. The Morgan fingerprint density at radius 2 is 1.62 bits per heavy atom. The van der Waals surface area contributed by atoms with E-state index in [1.807, 2.05) is 102 Å². The number of benzene rings is 4. The largest absolute Gasteiger partial charge is 0.497 e. The zero-order valence-electron chi connectivity index (χ0n) is 23.1. The molecule has 0 radical (unpaired) electrons. The van der Waals surface area contributed by atoms with E-state index >= 15 is 0 Å². The first kappa shape index (κ1) is 28.4. The minimum absolute atomic E-state index is 0.0917. The number of rotatable bonds is 12. The zero-order chi connectivity index (χ0) is 29.1. The van der Waals surface area contributed by atoms with Crippen molar-refractivity contribution in [1.82, 2.24) is 20.2 Å². The molecule has 4 aromatic carbocycles. The lowest BCUT2D eigenvalue weighted by molar-refractivity contribution is -0.118. The van der Waals surface area contributed by atoms with Gasteiger partial charge in [-0.15, -0.1) is 10.2 Å². The van der Waals surface area contributed by atoms with Gasteiger partial charge < -0.3 is 14.2 Å². The summed E-state index contributed by atoms with van der Waals surface area (Å²) >= 11 is 1.27. The number of aromatic nitrogens is 3. The highest BCUT2D eigenvalue weighted by molar-refractivity contribution is 7.99. The van der Waals surface area contributed by atoms with Crippen LogP contribution in [0.2, 0.25) is 0 Å². The summed E-state index contributed by atoms with van der Waals surface area (Å²) in [4.78, 5) is 12.7. The second-order valence-electron chi connectivity index (χ2n) is 8.97. The third kappa shape index (κ3) is 7.15. The molecule has 5 rings (SSSR count). The fraction of sp³-hybridized carbons (Fsp3) is 0.125. The Kier molecular flexibility index (Phi) is 9.48. The number of nitrogens with one attached hydrogen (secondary N) is 1. The summed E-state index contributed by atoms with van der Waals surface area (Å²) < 4.78 is 18.6. The molecule has 0 bridgehead atoms. The van der Waals surface area contributed by atoms with Crippen LogP contribution in [0.1, 0.15) is 11.1 Å². The molecule has 1 N–H and O–H groups in total. The Morgan fingerprint density at radius 3 is 2.33 bits per heavy atom. The second-order valence-corrected chi connectivity index (χ2v) is 9.91. The molecule has 0 aliphatic heterocycles. The molecule has 0 aliphatic rings. The molecule has 0 atom stereocenters. The first-order valence-corrected chi connectivity index (χ1v) is 14.1. The molecule has 0 spiro atoms. The summed E-state index contributed by atoms with van der Waals surface area (Å²) in [7, 11) is 3.22. The number of hydrogen-bond donors (Lipinski definition) is 1. The van der Waals surface area contributed by atoms with Gasteiger partial charge in [-0.2, -0.15) is 5.10 Å². The van der Waals surface area contributed by atoms with Gasteiger partial charge in [-0.05, 0) is 53.6 Å². The third-order valence-corrected chi connectivity index (χ3v) is 7.08. The van der Waals surface area contributed by atoms with Gasteiger partial charge in [0.25, 0.3) is 5.91 Å².